The van der Waals surface area contributed by atoms with Crippen LogP contribution in [0.25, 0.3) is 11.5 Å². The Morgan fingerprint density at radius 3 is 2.40 bits per heavy atom. The molecule has 1 aliphatic heterocycles. The second-order valence-electron chi connectivity index (χ2n) is 5.91. The van der Waals surface area contributed by atoms with Crippen LogP contribution >= 0.6 is 0 Å². The molecule has 6 nitrogen and oxygen atoms in total. The lowest BCUT2D eigenvalue weighted by molar-refractivity contribution is 0.358. The summed E-state index contributed by atoms with van der Waals surface area (Å²) in [5.74, 6) is 0.815. The standard InChI is InChI=1S/C18H17N3O3S/c22-25(23,15-10-5-2-6-11-15)21-13-7-12-16(21)17-19-18(24-20-17)14-8-3-1-4-9-14/h1-6,8-11,16H,7,12-13H2/t16-/m0/s1. The van der Waals surface area contributed by atoms with Crippen molar-refractivity contribution in [2.75, 3.05) is 6.54 Å². The molecule has 0 bridgehead atoms. The van der Waals surface area contributed by atoms with Crippen molar-refractivity contribution in [3.63, 3.8) is 0 Å². The summed E-state index contributed by atoms with van der Waals surface area (Å²) in [5.41, 5.74) is 0.816. The van der Waals surface area contributed by atoms with E-state index >= 15 is 0 Å². The minimum Gasteiger partial charge on any atom is -0.334 e. The third kappa shape index (κ3) is 2.96. The fraction of sp³-hybridized carbons (Fsp3) is 0.222. The summed E-state index contributed by atoms with van der Waals surface area (Å²) in [6.45, 7) is 0.455. The summed E-state index contributed by atoms with van der Waals surface area (Å²) < 4.78 is 32.7. The molecule has 7 heteroatoms. The zero-order chi connectivity index (χ0) is 17.3. The van der Waals surface area contributed by atoms with Gasteiger partial charge < -0.3 is 4.52 Å². The van der Waals surface area contributed by atoms with E-state index in [1.54, 1.807) is 30.3 Å². The van der Waals surface area contributed by atoms with E-state index in [1.165, 1.54) is 4.31 Å². The molecule has 1 aromatic heterocycles. The predicted molar refractivity (Wildman–Crippen MR) is 92.0 cm³/mol. The van der Waals surface area contributed by atoms with Crippen LogP contribution in [0.1, 0.15) is 24.7 Å². The molecule has 4 rings (SSSR count). The largest absolute Gasteiger partial charge is 0.334 e. The van der Waals surface area contributed by atoms with E-state index in [9.17, 15) is 8.42 Å². The lowest BCUT2D eigenvalue weighted by Gasteiger charge is -2.21. The fourth-order valence-corrected chi connectivity index (χ4v) is 4.76. The van der Waals surface area contributed by atoms with Crippen LogP contribution in [0.15, 0.2) is 70.1 Å². The Labute approximate surface area is 146 Å². The van der Waals surface area contributed by atoms with Gasteiger partial charge in [0.25, 0.3) is 5.89 Å². The summed E-state index contributed by atoms with van der Waals surface area (Å²) in [4.78, 5) is 4.72. The molecule has 0 saturated carbocycles. The molecule has 0 radical (unpaired) electrons. The van der Waals surface area contributed by atoms with E-state index in [2.05, 4.69) is 10.1 Å². The van der Waals surface area contributed by atoms with E-state index in [-0.39, 0.29) is 4.90 Å². The molecular weight excluding hydrogens is 338 g/mol. The molecule has 25 heavy (non-hydrogen) atoms. The third-order valence-electron chi connectivity index (χ3n) is 4.31. The van der Waals surface area contributed by atoms with Gasteiger partial charge >= 0.3 is 0 Å². The highest BCUT2D eigenvalue weighted by molar-refractivity contribution is 7.89. The highest BCUT2D eigenvalue weighted by atomic mass is 32.2. The second-order valence-corrected chi connectivity index (χ2v) is 7.80. The van der Waals surface area contributed by atoms with Gasteiger partial charge in [-0.05, 0) is 37.1 Å². The number of aromatic nitrogens is 2. The van der Waals surface area contributed by atoms with Crippen molar-refractivity contribution in [3.05, 3.63) is 66.5 Å². The van der Waals surface area contributed by atoms with E-state index in [1.807, 2.05) is 30.3 Å². The van der Waals surface area contributed by atoms with Gasteiger partial charge in [-0.25, -0.2) is 8.42 Å². The van der Waals surface area contributed by atoms with Gasteiger partial charge in [0.15, 0.2) is 5.82 Å². The van der Waals surface area contributed by atoms with E-state index in [0.717, 1.165) is 12.0 Å². The van der Waals surface area contributed by atoms with Crippen molar-refractivity contribution in [1.82, 2.24) is 14.4 Å². The summed E-state index contributed by atoms with van der Waals surface area (Å²) >= 11 is 0. The summed E-state index contributed by atoms with van der Waals surface area (Å²) in [6, 6.07) is 17.5. The van der Waals surface area contributed by atoms with Crippen LogP contribution in [0.5, 0.6) is 0 Å². The number of hydrogen-bond acceptors (Lipinski definition) is 5. The quantitative estimate of drug-likeness (QED) is 0.718. The topological polar surface area (TPSA) is 76.3 Å². The van der Waals surface area contributed by atoms with Crippen molar-refractivity contribution in [2.24, 2.45) is 0 Å². The van der Waals surface area contributed by atoms with E-state index in [4.69, 9.17) is 4.52 Å². The maximum absolute atomic E-state index is 12.9. The monoisotopic (exact) mass is 355 g/mol. The van der Waals surface area contributed by atoms with Crippen LogP contribution in [0.4, 0.5) is 0 Å². The average Bonchev–Trinajstić information content (AvgIpc) is 3.33. The molecule has 1 aliphatic rings. The van der Waals surface area contributed by atoms with Gasteiger partial charge in [-0.1, -0.05) is 41.6 Å². The first-order valence-corrected chi connectivity index (χ1v) is 9.56. The van der Waals surface area contributed by atoms with Crippen molar-refractivity contribution in [3.8, 4) is 11.5 Å². The minimum absolute atomic E-state index is 0.286. The maximum Gasteiger partial charge on any atom is 0.257 e. The van der Waals surface area contributed by atoms with Gasteiger partial charge in [0.2, 0.25) is 10.0 Å². The Bertz CT molecular complexity index is 956. The molecular formula is C18H17N3O3S. The SMILES string of the molecule is O=S(=O)(c1ccccc1)N1CCC[C@H]1c1noc(-c2ccccc2)n1. The number of nitrogens with zero attached hydrogens (tertiary/aromatic N) is 3. The van der Waals surface area contributed by atoms with E-state index < -0.39 is 16.1 Å². The van der Waals surface area contributed by atoms with Crippen LogP contribution < -0.4 is 0 Å². The first-order chi connectivity index (χ1) is 12.2. The normalized spacial score (nSPS) is 18.5. The van der Waals surface area contributed by atoms with Gasteiger partial charge in [-0.15, -0.1) is 0 Å². The molecule has 0 unspecified atom stereocenters. The first kappa shape index (κ1) is 16.0. The van der Waals surface area contributed by atoms with Crippen molar-refractivity contribution in [2.45, 2.75) is 23.8 Å². The molecule has 128 valence electrons. The van der Waals surface area contributed by atoms with Crippen LogP contribution in [0.2, 0.25) is 0 Å². The second kappa shape index (κ2) is 6.42. The van der Waals surface area contributed by atoms with Crippen molar-refractivity contribution < 1.29 is 12.9 Å². The number of benzene rings is 2. The molecule has 1 saturated heterocycles. The molecule has 0 spiro atoms. The van der Waals surface area contributed by atoms with Crippen LogP contribution in [0.3, 0.4) is 0 Å². The Kier molecular flexibility index (Phi) is 4.10. The van der Waals surface area contributed by atoms with Gasteiger partial charge in [0.1, 0.15) is 0 Å². The minimum atomic E-state index is -3.58. The lowest BCUT2D eigenvalue weighted by atomic mass is 10.2. The zero-order valence-corrected chi connectivity index (χ0v) is 14.3. The fourth-order valence-electron chi connectivity index (χ4n) is 3.08. The number of rotatable bonds is 4. The van der Waals surface area contributed by atoms with E-state index in [0.29, 0.717) is 24.7 Å². The van der Waals surface area contributed by atoms with Crippen LogP contribution in [0, 0.1) is 0 Å². The Hall–Kier alpha value is -2.51. The Morgan fingerprint density at radius 2 is 1.68 bits per heavy atom. The highest BCUT2D eigenvalue weighted by Gasteiger charge is 2.38. The lowest BCUT2D eigenvalue weighted by Crippen LogP contribution is -2.31. The van der Waals surface area contributed by atoms with Gasteiger partial charge in [0.05, 0.1) is 10.9 Å². The smallest absolute Gasteiger partial charge is 0.257 e. The number of sulfonamides is 1. The predicted octanol–water partition coefficient (Wildman–Crippen LogP) is 3.26. The van der Waals surface area contributed by atoms with Crippen LogP contribution in [-0.4, -0.2) is 29.4 Å². The highest BCUT2D eigenvalue weighted by Crippen LogP contribution is 2.35. The molecule has 1 atom stereocenters. The molecule has 3 aromatic rings. The summed E-state index contributed by atoms with van der Waals surface area (Å²) in [7, 11) is -3.58. The molecule has 1 fully saturated rings. The van der Waals surface area contributed by atoms with Gasteiger partial charge in [0, 0.05) is 12.1 Å². The molecule has 0 N–H and O–H groups in total. The van der Waals surface area contributed by atoms with Crippen molar-refractivity contribution >= 4 is 10.0 Å². The molecule has 0 amide bonds. The zero-order valence-electron chi connectivity index (χ0n) is 13.4. The summed E-state index contributed by atoms with van der Waals surface area (Å²) in [5, 5.41) is 4.04. The van der Waals surface area contributed by atoms with Gasteiger partial charge in [-0.2, -0.15) is 9.29 Å². The molecule has 0 aliphatic carbocycles. The summed E-state index contributed by atoms with van der Waals surface area (Å²) in [6.07, 6.45) is 1.45. The van der Waals surface area contributed by atoms with Crippen molar-refractivity contribution in [1.29, 1.82) is 0 Å². The van der Waals surface area contributed by atoms with Gasteiger partial charge in [-0.3, -0.25) is 0 Å². The maximum atomic E-state index is 12.9. The molecule has 2 aromatic carbocycles. The number of hydrogen-bond donors (Lipinski definition) is 0. The first-order valence-electron chi connectivity index (χ1n) is 8.12. The third-order valence-corrected chi connectivity index (χ3v) is 6.24. The average molecular weight is 355 g/mol. The Morgan fingerprint density at radius 1 is 1.00 bits per heavy atom. The molecule has 2 heterocycles. The van der Waals surface area contributed by atoms with Crippen LogP contribution in [-0.2, 0) is 10.0 Å². The Balaban J connectivity index is 1.66.